The minimum absolute atomic E-state index is 0.188. The Balaban J connectivity index is 2.99. The van der Waals surface area contributed by atoms with Gasteiger partial charge in [-0.1, -0.05) is 6.92 Å². The van der Waals surface area contributed by atoms with Gasteiger partial charge >= 0.3 is 0 Å². The second kappa shape index (κ2) is 5.53. The summed E-state index contributed by atoms with van der Waals surface area (Å²) in [7, 11) is 0. The molecule has 92 valence electrons. The Kier molecular flexibility index (Phi) is 4.32. The van der Waals surface area contributed by atoms with E-state index in [0.717, 1.165) is 0 Å². The maximum absolute atomic E-state index is 9.31. The molecule has 0 spiro atoms. The van der Waals surface area contributed by atoms with Crippen LogP contribution in [-0.4, -0.2) is 29.0 Å². The Hall–Kier alpha value is -1.77. The monoisotopic (exact) mass is 235 g/mol. The van der Waals surface area contributed by atoms with Crippen LogP contribution in [0.2, 0.25) is 0 Å². The van der Waals surface area contributed by atoms with Crippen LogP contribution in [0.4, 0.5) is 11.4 Å². The van der Waals surface area contributed by atoms with Gasteiger partial charge in [0.15, 0.2) is 0 Å². The molecule has 0 aliphatic heterocycles. The lowest BCUT2D eigenvalue weighted by molar-refractivity contribution is 0.132. The van der Waals surface area contributed by atoms with Gasteiger partial charge in [0.05, 0.1) is 24.3 Å². The molecule has 1 aromatic carbocycles. The number of rotatable bonds is 5. The number of nitrogens with zero attached hydrogens (tertiary/aromatic N) is 1. The van der Waals surface area contributed by atoms with Crippen molar-refractivity contribution < 1.29 is 10.2 Å². The SMILES string of the molecule is CCC(CO)(CO)Nc1ccc(N)c(C#N)c1. The number of nitrogens with two attached hydrogens (primary N) is 1. The third-order valence-corrected chi connectivity index (χ3v) is 2.87. The summed E-state index contributed by atoms with van der Waals surface area (Å²) in [6.07, 6.45) is 0.562. The molecule has 17 heavy (non-hydrogen) atoms. The molecule has 0 unspecified atom stereocenters. The molecule has 5 heteroatoms. The van der Waals surface area contributed by atoms with E-state index in [1.54, 1.807) is 18.2 Å². The minimum atomic E-state index is -0.775. The lowest BCUT2D eigenvalue weighted by Gasteiger charge is -2.31. The van der Waals surface area contributed by atoms with Crippen LogP contribution in [0.5, 0.6) is 0 Å². The van der Waals surface area contributed by atoms with E-state index < -0.39 is 5.54 Å². The van der Waals surface area contributed by atoms with Crippen LogP contribution < -0.4 is 11.1 Å². The molecule has 0 bridgehead atoms. The first kappa shape index (κ1) is 13.3. The van der Waals surface area contributed by atoms with E-state index in [4.69, 9.17) is 11.0 Å². The summed E-state index contributed by atoms with van der Waals surface area (Å²) in [5.41, 5.74) is 6.27. The summed E-state index contributed by atoms with van der Waals surface area (Å²) in [6, 6.07) is 6.92. The van der Waals surface area contributed by atoms with Crippen molar-refractivity contribution in [1.29, 1.82) is 5.26 Å². The van der Waals surface area contributed by atoms with Crippen molar-refractivity contribution in [3.05, 3.63) is 23.8 Å². The Morgan fingerprint density at radius 2 is 2.06 bits per heavy atom. The number of aliphatic hydroxyl groups is 2. The average molecular weight is 235 g/mol. The van der Waals surface area contributed by atoms with Gasteiger partial charge in [-0.3, -0.25) is 0 Å². The molecule has 0 aliphatic rings. The van der Waals surface area contributed by atoms with Crippen LogP contribution in [0.3, 0.4) is 0 Å². The fraction of sp³-hybridized carbons (Fsp3) is 0.417. The number of benzene rings is 1. The normalized spacial score (nSPS) is 10.9. The van der Waals surface area contributed by atoms with Gasteiger partial charge < -0.3 is 21.3 Å². The van der Waals surface area contributed by atoms with Crippen molar-refractivity contribution >= 4 is 11.4 Å². The smallest absolute Gasteiger partial charge is 0.101 e. The molecule has 5 N–H and O–H groups in total. The molecule has 1 aromatic rings. The van der Waals surface area contributed by atoms with Gasteiger partial charge in [-0.05, 0) is 24.6 Å². The molecule has 0 atom stereocenters. The first-order valence-corrected chi connectivity index (χ1v) is 5.40. The number of hydrogen-bond acceptors (Lipinski definition) is 5. The number of aliphatic hydroxyl groups excluding tert-OH is 2. The lowest BCUT2D eigenvalue weighted by atomic mass is 9.97. The molecule has 5 nitrogen and oxygen atoms in total. The van der Waals surface area contributed by atoms with E-state index in [1.165, 1.54) is 0 Å². The van der Waals surface area contributed by atoms with Crippen molar-refractivity contribution in [3.63, 3.8) is 0 Å². The number of nitrogen functional groups attached to an aromatic ring is 1. The first-order chi connectivity index (χ1) is 8.10. The van der Waals surface area contributed by atoms with E-state index in [2.05, 4.69) is 5.32 Å². The third-order valence-electron chi connectivity index (χ3n) is 2.87. The molecule has 0 radical (unpaired) electrons. The van der Waals surface area contributed by atoms with E-state index in [1.807, 2.05) is 13.0 Å². The van der Waals surface area contributed by atoms with Crippen LogP contribution in [-0.2, 0) is 0 Å². The molecule has 0 saturated carbocycles. The topological polar surface area (TPSA) is 102 Å². The van der Waals surface area contributed by atoms with Crippen LogP contribution in [0.25, 0.3) is 0 Å². The summed E-state index contributed by atoms with van der Waals surface area (Å²) in [5, 5.41) is 30.5. The zero-order valence-corrected chi connectivity index (χ0v) is 9.77. The highest BCUT2D eigenvalue weighted by atomic mass is 16.3. The van der Waals surface area contributed by atoms with Gasteiger partial charge in [0.1, 0.15) is 6.07 Å². The van der Waals surface area contributed by atoms with Crippen LogP contribution >= 0.6 is 0 Å². The van der Waals surface area contributed by atoms with E-state index in [9.17, 15) is 10.2 Å². The highest BCUT2D eigenvalue weighted by Gasteiger charge is 2.26. The third kappa shape index (κ3) is 2.87. The van der Waals surface area contributed by atoms with E-state index in [-0.39, 0.29) is 13.2 Å². The van der Waals surface area contributed by atoms with Crippen molar-refractivity contribution in [2.24, 2.45) is 0 Å². The maximum atomic E-state index is 9.31. The Morgan fingerprint density at radius 1 is 1.41 bits per heavy atom. The second-order valence-corrected chi connectivity index (χ2v) is 3.99. The van der Waals surface area contributed by atoms with Crippen LogP contribution in [0.1, 0.15) is 18.9 Å². The zero-order chi connectivity index (χ0) is 12.9. The number of anilines is 2. The first-order valence-electron chi connectivity index (χ1n) is 5.40. The van der Waals surface area contributed by atoms with Gasteiger partial charge in [0, 0.05) is 11.4 Å². The van der Waals surface area contributed by atoms with Gasteiger partial charge in [-0.15, -0.1) is 0 Å². The van der Waals surface area contributed by atoms with E-state index >= 15 is 0 Å². The summed E-state index contributed by atoms with van der Waals surface area (Å²) < 4.78 is 0. The van der Waals surface area contributed by atoms with Crippen LogP contribution in [0, 0.1) is 11.3 Å². The van der Waals surface area contributed by atoms with Gasteiger partial charge in [0.25, 0.3) is 0 Å². The van der Waals surface area contributed by atoms with Crippen LogP contribution in [0.15, 0.2) is 18.2 Å². The van der Waals surface area contributed by atoms with Crippen molar-refractivity contribution in [2.75, 3.05) is 24.3 Å². The predicted octanol–water partition coefficient (Wildman–Crippen LogP) is 0.686. The molecule has 1 rings (SSSR count). The van der Waals surface area contributed by atoms with Crippen molar-refractivity contribution in [3.8, 4) is 6.07 Å². The summed E-state index contributed by atoms with van der Waals surface area (Å²) in [4.78, 5) is 0. The minimum Gasteiger partial charge on any atom is -0.398 e. The largest absolute Gasteiger partial charge is 0.398 e. The van der Waals surface area contributed by atoms with E-state index in [0.29, 0.717) is 23.4 Å². The Morgan fingerprint density at radius 3 is 2.53 bits per heavy atom. The van der Waals surface area contributed by atoms with Gasteiger partial charge in [-0.25, -0.2) is 0 Å². The molecule has 0 amide bonds. The molecule has 0 aromatic heterocycles. The van der Waals surface area contributed by atoms with Gasteiger partial charge in [0.2, 0.25) is 0 Å². The number of nitrogens with one attached hydrogen (secondary N) is 1. The number of nitriles is 1. The quantitative estimate of drug-likeness (QED) is 0.562. The number of hydrogen-bond donors (Lipinski definition) is 4. The molecule has 0 heterocycles. The molecular weight excluding hydrogens is 218 g/mol. The van der Waals surface area contributed by atoms with Crippen molar-refractivity contribution in [2.45, 2.75) is 18.9 Å². The molecule has 0 fully saturated rings. The highest BCUT2D eigenvalue weighted by molar-refractivity contribution is 5.62. The molecule has 0 saturated heterocycles. The molecular formula is C12H17N3O2. The predicted molar refractivity (Wildman–Crippen MR) is 66.4 cm³/mol. The highest BCUT2D eigenvalue weighted by Crippen LogP contribution is 2.22. The standard InChI is InChI=1S/C12H17N3O2/c1-2-12(7-16,8-17)15-10-3-4-11(14)9(5-10)6-13/h3-5,15-17H,2,7-8,14H2,1H3. The van der Waals surface area contributed by atoms with Crippen molar-refractivity contribution in [1.82, 2.24) is 0 Å². The lowest BCUT2D eigenvalue weighted by Crippen LogP contribution is -2.45. The zero-order valence-electron chi connectivity index (χ0n) is 9.77. The molecule has 0 aliphatic carbocycles. The summed E-state index contributed by atoms with van der Waals surface area (Å²) >= 11 is 0. The van der Waals surface area contributed by atoms with Gasteiger partial charge in [-0.2, -0.15) is 5.26 Å². The second-order valence-electron chi connectivity index (χ2n) is 3.99. The summed E-state index contributed by atoms with van der Waals surface area (Å²) in [6.45, 7) is 1.49. The fourth-order valence-corrected chi connectivity index (χ4v) is 1.48. The Labute approximate surface area is 100 Å². The fourth-order valence-electron chi connectivity index (χ4n) is 1.48. The maximum Gasteiger partial charge on any atom is 0.101 e. The Bertz CT molecular complexity index is 414. The summed E-state index contributed by atoms with van der Waals surface area (Å²) in [5.74, 6) is 0. The average Bonchev–Trinajstić information content (AvgIpc) is 2.38.